The average molecular weight is 274 g/mol. The fourth-order valence-corrected chi connectivity index (χ4v) is 2.08. The fourth-order valence-electron chi connectivity index (χ4n) is 1.84. The Hall–Kier alpha value is -0.800. The van der Waals surface area contributed by atoms with Gasteiger partial charge in [0.05, 0.1) is 7.11 Å². The Bertz CT molecular complexity index is 360. The van der Waals surface area contributed by atoms with E-state index in [1.165, 1.54) is 13.2 Å². The zero-order chi connectivity index (χ0) is 13.4. The van der Waals surface area contributed by atoms with Crippen LogP contribution in [0, 0.1) is 5.82 Å². The van der Waals surface area contributed by atoms with Gasteiger partial charge in [0.15, 0.2) is 11.6 Å². The van der Waals surface area contributed by atoms with Crippen molar-refractivity contribution in [2.24, 2.45) is 0 Å². The normalized spacial score (nSPS) is 10.9. The SMILES string of the molecule is CCCCN(CCCl)Cc1ccc(OC)c(F)c1. The van der Waals surface area contributed by atoms with Crippen LogP contribution < -0.4 is 4.74 Å². The standard InChI is InChI=1S/C14H21ClFNO/c1-3-4-8-17(9-7-15)11-12-5-6-14(18-2)13(16)10-12/h5-6,10H,3-4,7-9,11H2,1-2H3. The van der Waals surface area contributed by atoms with Crippen molar-refractivity contribution in [3.05, 3.63) is 29.6 Å². The maximum atomic E-state index is 13.6. The van der Waals surface area contributed by atoms with E-state index in [0.717, 1.165) is 38.0 Å². The summed E-state index contributed by atoms with van der Waals surface area (Å²) in [5, 5.41) is 0. The van der Waals surface area contributed by atoms with Crippen molar-refractivity contribution < 1.29 is 9.13 Å². The van der Waals surface area contributed by atoms with Crippen molar-refractivity contribution in [1.29, 1.82) is 0 Å². The topological polar surface area (TPSA) is 12.5 Å². The molecule has 102 valence electrons. The Kier molecular flexibility index (Phi) is 7.06. The molecule has 0 saturated carbocycles. The molecule has 1 aromatic rings. The molecule has 4 heteroatoms. The summed E-state index contributed by atoms with van der Waals surface area (Å²) in [6.45, 7) is 4.71. The highest BCUT2D eigenvalue weighted by Gasteiger charge is 2.08. The van der Waals surface area contributed by atoms with Crippen LogP contribution in [-0.4, -0.2) is 31.0 Å². The maximum Gasteiger partial charge on any atom is 0.165 e. The lowest BCUT2D eigenvalue weighted by molar-refractivity contribution is 0.276. The minimum atomic E-state index is -0.309. The Balaban J connectivity index is 2.64. The predicted octanol–water partition coefficient (Wildman–Crippen LogP) is 3.68. The monoisotopic (exact) mass is 273 g/mol. The molecule has 0 aliphatic carbocycles. The van der Waals surface area contributed by atoms with Gasteiger partial charge in [0.2, 0.25) is 0 Å². The molecule has 0 N–H and O–H groups in total. The van der Waals surface area contributed by atoms with Crippen LogP contribution >= 0.6 is 11.6 Å². The maximum absolute atomic E-state index is 13.6. The molecule has 0 aromatic heterocycles. The Morgan fingerprint density at radius 3 is 2.67 bits per heavy atom. The van der Waals surface area contributed by atoms with E-state index in [0.29, 0.717) is 5.88 Å². The number of halogens is 2. The zero-order valence-corrected chi connectivity index (χ0v) is 11.8. The highest BCUT2D eigenvalue weighted by Crippen LogP contribution is 2.18. The van der Waals surface area contributed by atoms with Gasteiger partial charge >= 0.3 is 0 Å². The number of unbranched alkanes of at least 4 members (excludes halogenated alkanes) is 1. The molecule has 0 heterocycles. The van der Waals surface area contributed by atoms with Gasteiger partial charge in [-0.25, -0.2) is 4.39 Å². The number of hydrogen-bond acceptors (Lipinski definition) is 2. The fraction of sp³-hybridized carbons (Fsp3) is 0.571. The molecule has 0 bridgehead atoms. The van der Waals surface area contributed by atoms with E-state index in [9.17, 15) is 4.39 Å². The molecule has 0 amide bonds. The Labute approximate surface area is 114 Å². The quantitative estimate of drug-likeness (QED) is 0.670. The van der Waals surface area contributed by atoms with Gasteiger partial charge in [-0.15, -0.1) is 11.6 Å². The summed E-state index contributed by atoms with van der Waals surface area (Å²) in [6, 6.07) is 5.10. The summed E-state index contributed by atoms with van der Waals surface area (Å²) in [5.41, 5.74) is 0.953. The van der Waals surface area contributed by atoms with Gasteiger partial charge in [0.25, 0.3) is 0 Å². The van der Waals surface area contributed by atoms with Gasteiger partial charge in [-0.1, -0.05) is 19.4 Å². The third-order valence-electron chi connectivity index (χ3n) is 2.85. The summed E-state index contributed by atoms with van der Waals surface area (Å²) < 4.78 is 18.5. The van der Waals surface area contributed by atoms with E-state index >= 15 is 0 Å². The van der Waals surface area contributed by atoms with Crippen LogP contribution in [0.1, 0.15) is 25.3 Å². The first kappa shape index (κ1) is 15.3. The molecule has 1 rings (SSSR count). The van der Waals surface area contributed by atoms with Crippen LogP contribution in [0.25, 0.3) is 0 Å². The smallest absolute Gasteiger partial charge is 0.165 e. The van der Waals surface area contributed by atoms with E-state index < -0.39 is 0 Å². The molecule has 0 radical (unpaired) electrons. The van der Waals surface area contributed by atoms with Crippen molar-refractivity contribution in [3.8, 4) is 5.75 Å². The molecular weight excluding hydrogens is 253 g/mol. The Morgan fingerprint density at radius 2 is 2.11 bits per heavy atom. The van der Waals surface area contributed by atoms with E-state index in [-0.39, 0.29) is 11.6 Å². The van der Waals surface area contributed by atoms with Crippen molar-refractivity contribution in [2.45, 2.75) is 26.3 Å². The molecule has 0 fully saturated rings. The van der Waals surface area contributed by atoms with Gasteiger partial charge in [0.1, 0.15) is 0 Å². The number of hydrogen-bond donors (Lipinski definition) is 0. The van der Waals surface area contributed by atoms with E-state index in [1.54, 1.807) is 6.07 Å². The summed E-state index contributed by atoms with van der Waals surface area (Å²) in [7, 11) is 1.47. The second-order valence-electron chi connectivity index (χ2n) is 4.29. The summed E-state index contributed by atoms with van der Waals surface area (Å²) in [4.78, 5) is 2.25. The lowest BCUT2D eigenvalue weighted by Crippen LogP contribution is -2.26. The van der Waals surface area contributed by atoms with Gasteiger partial charge in [-0.05, 0) is 30.7 Å². The van der Waals surface area contributed by atoms with Crippen LogP contribution in [0.15, 0.2) is 18.2 Å². The summed E-state index contributed by atoms with van der Waals surface area (Å²) in [6.07, 6.45) is 2.28. The van der Waals surface area contributed by atoms with Crippen molar-refractivity contribution >= 4 is 11.6 Å². The highest BCUT2D eigenvalue weighted by atomic mass is 35.5. The Morgan fingerprint density at radius 1 is 1.33 bits per heavy atom. The van der Waals surface area contributed by atoms with E-state index in [1.807, 2.05) is 6.07 Å². The number of rotatable bonds is 8. The predicted molar refractivity (Wildman–Crippen MR) is 73.9 cm³/mol. The van der Waals surface area contributed by atoms with Gasteiger partial charge < -0.3 is 4.74 Å². The number of alkyl halides is 1. The lowest BCUT2D eigenvalue weighted by Gasteiger charge is -2.21. The third-order valence-corrected chi connectivity index (χ3v) is 3.02. The van der Waals surface area contributed by atoms with E-state index in [2.05, 4.69) is 11.8 Å². The number of methoxy groups -OCH3 is 1. The van der Waals surface area contributed by atoms with Gasteiger partial charge in [-0.2, -0.15) is 0 Å². The van der Waals surface area contributed by atoms with Crippen LogP contribution in [-0.2, 0) is 6.54 Å². The zero-order valence-electron chi connectivity index (χ0n) is 11.1. The van der Waals surface area contributed by atoms with Crippen molar-refractivity contribution in [3.63, 3.8) is 0 Å². The second-order valence-corrected chi connectivity index (χ2v) is 4.67. The van der Waals surface area contributed by atoms with Gasteiger partial charge in [0, 0.05) is 19.0 Å². The molecule has 0 unspecified atom stereocenters. The number of nitrogens with zero attached hydrogens (tertiary/aromatic N) is 1. The van der Waals surface area contributed by atoms with Crippen LogP contribution in [0.3, 0.4) is 0 Å². The first-order chi connectivity index (χ1) is 8.71. The highest BCUT2D eigenvalue weighted by molar-refractivity contribution is 6.18. The van der Waals surface area contributed by atoms with Crippen molar-refractivity contribution in [1.82, 2.24) is 4.90 Å². The molecular formula is C14H21ClFNO. The first-order valence-corrected chi connectivity index (χ1v) is 6.85. The molecule has 2 nitrogen and oxygen atoms in total. The largest absolute Gasteiger partial charge is 0.494 e. The molecule has 0 atom stereocenters. The summed E-state index contributed by atoms with van der Waals surface area (Å²) >= 11 is 5.78. The third kappa shape index (κ3) is 4.83. The van der Waals surface area contributed by atoms with Crippen LogP contribution in [0.4, 0.5) is 4.39 Å². The number of benzene rings is 1. The molecule has 18 heavy (non-hydrogen) atoms. The number of ether oxygens (including phenoxy) is 1. The van der Waals surface area contributed by atoms with Crippen LogP contribution in [0.5, 0.6) is 5.75 Å². The van der Waals surface area contributed by atoms with E-state index in [4.69, 9.17) is 16.3 Å². The van der Waals surface area contributed by atoms with Crippen molar-refractivity contribution in [2.75, 3.05) is 26.1 Å². The summed E-state index contributed by atoms with van der Waals surface area (Å²) in [5.74, 6) is 0.579. The lowest BCUT2D eigenvalue weighted by atomic mass is 10.2. The minimum Gasteiger partial charge on any atom is -0.494 e. The molecule has 0 aliphatic rings. The molecule has 1 aromatic carbocycles. The minimum absolute atomic E-state index is 0.288. The molecule has 0 spiro atoms. The van der Waals surface area contributed by atoms with Crippen LogP contribution in [0.2, 0.25) is 0 Å². The first-order valence-electron chi connectivity index (χ1n) is 6.32. The second kappa shape index (κ2) is 8.33. The average Bonchev–Trinajstić information content (AvgIpc) is 2.36. The molecule has 0 aliphatic heterocycles. The molecule has 0 saturated heterocycles. The van der Waals surface area contributed by atoms with Gasteiger partial charge in [-0.3, -0.25) is 4.90 Å².